The van der Waals surface area contributed by atoms with E-state index in [1.165, 1.54) is 0 Å². The van der Waals surface area contributed by atoms with Gasteiger partial charge in [-0.05, 0) is 33.6 Å². The monoisotopic (exact) mass is 291 g/mol. The normalized spacial score (nSPS) is 17.4. The van der Waals surface area contributed by atoms with Crippen LogP contribution in [0.15, 0.2) is 4.79 Å². The van der Waals surface area contributed by atoms with E-state index in [2.05, 4.69) is 4.98 Å². The fourth-order valence-corrected chi connectivity index (χ4v) is 2.87. The minimum absolute atomic E-state index is 0.0799. The molecule has 2 aliphatic rings. The zero-order valence-electron chi connectivity index (χ0n) is 12.8. The van der Waals surface area contributed by atoms with Crippen molar-refractivity contribution in [1.29, 1.82) is 0 Å². The van der Waals surface area contributed by atoms with Crippen LogP contribution >= 0.6 is 0 Å². The summed E-state index contributed by atoms with van der Waals surface area (Å²) in [4.78, 5) is 30.8. The minimum atomic E-state index is -0.512. The van der Waals surface area contributed by atoms with Crippen molar-refractivity contribution in [2.75, 3.05) is 6.54 Å². The molecule has 0 radical (unpaired) electrons. The molecule has 0 aromatic carbocycles. The Morgan fingerprint density at radius 2 is 2.00 bits per heavy atom. The third kappa shape index (κ3) is 2.66. The van der Waals surface area contributed by atoms with Crippen molar-refractivity contribution in [3.63, 3.8) is 0 Å². The molecule has 0 fully saturated rings. The first-order valence-corrected chi connectivity index (χ1v) is 7.44. The largest absolute Gasteiger partial charge is 0.444 e. The van der Waals surface area contributed by atoms with Gasteiger partial charge in [0.25, 0.3) is 5.56 Å². The average Bonchev–Trinajstić information content (AvgIpc) is 2.84. The summed E-state index contributed by atoms with van der Waals surface area (Å²) in [6.45, 7) is 7.19. The smallest absolute Gasteiger partial charge is 0.410 e. The summed E-state index contributed by atoms with van der Waals surface area (Å²) in [6, 6.07) is 0. The number of ether oxygens (including phenoxy) is 1. The molecule has 0 aliphatic carbocycles. The highest BCUT2D eigenvalue weighted by molar-refractivity contribution is 5.68. The number of hydrogen-bond donors (Lipinski definition) is 0. The fourth-order valence-electron chi connectivity index (χ4n) is 2.87. The summed E-state index contributed by atoms with van der Waals surface area (Å²) in [6.07, 6.45) is 2.03. The summed E-state index contributed by atoms with van der Waals surface area (Å²) >= 11 is 0. The van der Waals surface area contributed by atoms with Gasteiger partial charge < -0.3 is 9.64 Å². The van der Waals surface area contributed by atoms with Gasteiger partial charge >= 0.3 is 6.09 Å². The number of nitrogens with zero attached hydrogens (tertiary/aromatic N) is 3. The van der Waals surface area contributed by atoms with Crippen molar-refractivity contribution >= 4 is 6.09 Å². The van der Waals surface area contributed by atoms with Gasteiger partial charge in [-0.2, -0.15) is 0 Å². The highest BCUT2D eigenvalue weighted by Gasteiger charge is 2.29. The Balaban J connectivity index is 1.85. The first-order valence-electron chi connectivity index (χ1n) is 7.44. The van der Waals surface area contributed by atoms with Crippen LogP contribution in [-0.4, -0.2) is 32.7 Å². The number of rotatable bonds is 0. The Kier molecular flexibility index (Phi) is 3.26. The molecule has 6 heteroatoms. The number of aromatic nitrogens is 2. The Labute approximate surface area is 123 Å². The lowest BCUT2D eigenvalue weighted by Crippen LogP contribution is -2.42. The Hall–Kier alpha value is -1.85. The Morgan fingerprint density at radius 1 is 1.24 bits per heavy atom. The van der Waals surface area contributed by atoms with Gasteiger partial charge in [0.2, 0.25) is 0 Å². The summed E-state index contributed by atoms with van der Waals surface area (Å²) in [7, 11) is 0. The highest BCUT2D eigenvalue weighted by Crippen LogP contribution is 2.20. The Bertz CT molecular complexity index is 643. The molecule has 3 heterocycles. The predicted octanol–water partition coefficient (Wildman–Crippen LogP) is 1.48. The van der Waals surface area contributed by atoms with E-state index in [4.69, 9.17) is 4.74 Å². The van der Waals surface area contributed by atoms with Gasteiger partial charge in [0, 0.05) is 25.1 Å². The van der Waals surface area contributed by atoms with E-state index in [-0.39, 0.29) is 11.7 Å². The molecular weight excluding hydrogens is 270 g/mol. The summed E-state index contributed by atoms with van der Waals surface area (Å²) in [5, 5.41) is 0. The lowest BCUT2D eigenvalue weighted by Gasteiger charge is -2.30. The van der Waals surface area contributed by atoms with Gasteiger partial charge in [0.05, 0.1) is 12.2 Å². The lowest BCUT2D eigenvalue weighted by atomic mass is 10.1. The van der Waals surface area contributed by atoms with E-state index in [1.54, 1.807) is 9.47 Å². The van der Waals surface area contributed by atoms with E-state index >= 15 is 0 Å². The van der Waals surface area contributed by atoms with Gasteiger partial charge in [-0.1, -0.05) is 0 Å². The van der Waals surface area contributed by atoms with Crippen molar-refractivity contribution < 1.29 is 9.53 Å². The van der Waals surface area contributed by atoms with Gasteiger partial charge in [-0.3, -0.25) is 9.36 Å². The predicted molar refractivity (Wildman–Crippen MR) is 77.2 cm³/mol. The summed E-state index contributed by atoms with van der Waals surface area (Å²) in [5.74, 6) is 0.852. The first-order chi connectivity index (χ1) is 9.85. The quantitative estimate of drug-likeness (QED) is 0.726. The van der Waals surface area contributed by atoms with Crippen LogP contribution in [-0.2, 0) is 30.7 Å². The zero-order chi connectivity index (χ0) is 15.2. The number of hydrogen-bond acceptors (Lipinski definition) is 4. The van der Waals surface area contributed by atoms with E-state index < -0.39 is 5.60 Å². The first kappa shape index (κ1) is 14.1. The van der Waals surface area contributed by atoms with Crippen molar-refractivity contribution in [2.24, 2.45) is 0 Å². The average molecular weight is 291 g/mol. The van der Waals surface area contributed by atoms with Crippen LogP contribution in [0.3, 0.4) is 0 Å². The molecule has 1 amide bonds. The molecule has 0 atom stereocenters. The molecule has 114 valence electrons. The zero-order valence-corrected chi connectivity index (χ0v) is 12.8. The van der Waals surface area contributed by atoms with Crippen LogP contribution in [0, 0.1) is 0 Å². The minimum Gasteiger partial charge on any atom is -0.444 e. The molecule has 0 saturated heterocycles. The van der Waals surface area contributed by atoms with Gasteiger partial charge in [-0.15, -0.1) is 0 Å². The molecule has 0 spiro atoms. The molecule has 3 rings (SSSR count). The van der Waals surface area contributed by atoms with E-state index in [0.717, 1.165) is 36.5 Å². The van der Waals surface area contributed by atoms with Gasteiger partial charge in [0.1, 0.15) is 11.4 Å². The topological polar surface area (TPSA) is 64.4 Å². The molecule has 2 aliphatic heterocycles. The Morgan fingerprint density at radius 3 is 2.71 bits per heavy atom. The second kappa shape index (κ2) is 4.86. The van der Waals surface area contributed by atoms with Gasteiger partial charge in [-0.25, -0.2) is 9.78 Å². The van der Waals surface area contributed by atoms with Crippen LogP contribution in [0.25, 0.3) is 0 Å². The van der Waals surface area contributed by atoms with Crippen molar-refractivity contribution in [1.82, 2.24) is 14.5 Å². The molecular formula is C15H21N3O3. The molecule has 0 bridgehead atoms. The number of aryl methyl sites for hydroxylation is 1. The molecule has 6 nitrogen and oxygen atoms in total. The molecule has 0 unspecified atom stereocenters. The van der Waals surface area contributed by atoms with Gasteiger partial charge in [0.15, 0.2) is 0 Å². The van der Waals surface area contributed by atoms with E-state index in [1.807, 2.05) is 20.8 Å². The van der Waals surface area contributed by atoms with Crippen LogP contribution in [0.1, 0.15) is 44.3 Å². The molecule has 1 aromatic heterocycles. The maximum atomic E-state index is 12.4. The maximum absolute atomic E-state index is 12.4. The molecule has 1 aromatic rings. The summed E-state index contributed by atoms with van der Waals surface area (Å²) < 4.78 is 7.17. The second-order valence-electron chi connectivity index (χ2n) is 6.67. The lowest BCUT2D eigenvalue weighted by molar-refractivity contribution is 0.0220. The standard InChI is InChI=1S/C15H21N3O3/c1-15(2,3)21-14(20)17-8-6-10-11(9-17)16-12-5-4-7-18(12)13(10)19/h4-9H2,1-3H3. The maximum Gasteiger partial charge on any atom is 0.410 e. The van der Waals surface area contributed by atoms with Crippen molar-refractivity contribution in [2.45, 2.75) is 58.7 Å². The van der Waals surface area contributed by atoms with E-state index in [0.29, 0.717) is 19.5 Å². The molecule has 0 saturated carbocycles. The van der Waals surface area contributed by atoms with Crippen LogP contribution in [0.2, 0.25) is 0 Å². The number of fused-ring (bicyclic) bond motifs is 2. The highest BCUT2D eigenvalue weighted by atomic mass is 16.6. The number of carbonyl (C=O) groups is 1. The third-order valence-corrected chi connectivity index (χ3v) is 3.83. The van der Waals surface area contributed by atoms with Crippen LogP contribution in [0.4, 0.5) is 4.79 Å². The van der Waals surface area contributed by atoms with E-state index in [9.17, 15) is 9.59 Å². The molecule has 0 N–H and O–H groups in total. The number of carbonyl (C=O) groups excluding carboxylic acids is 1. The molecule has 21 heavy (non-hydrogen) atoms. The number of amides is 1. The van der Waals surface area contributed by atoms with Crippen LogP contribution in [0.5, 0.6) is 0 Å². The SMILES string of the molecule is CC(C)(C)OC(=O)N1CCc2c(nc3n(c2=O)CCC3)C1. The van der Waals surface area contributed by atoms with Crippen molar-refractivity contribution in [3.05, 3.63) is 27.4 Å². The second-order valence-corrected chi connectivity index (χ2v) is 6.67. The van der Waals surface area contributed by atoms with Crippen LogP contribution < -0.4 is 5.56 Å². The van der Waals surface area contributed by atoms with Crippen molar-refractivity contribution in [3.8, 4) is 0 Å². The third-order valence-electron chi connectivity index (χ3n) is 3.83. The summed E-state index contributed by atoms with van der Waals surface area (Å²) in [5.41, 5.74) is 1.07. The fraction of sp³-hybridized carbons (Fsp3) is 0.667.